The number of benzene rings is 1. The van der Waals surface area contributed by atoms with Crippen LogP contribution in [0.5, 0.6) is 5.75 Å². The van der Waals surface area contributed by atoms with Crippen molar-refractivity contribution >= 4 is 0 Å². The fourth-order valence-corrected chi connectivity index (χ4v) is 1.99. The Balaban J connectivity index is 1.93. The van der Waals surface area contributed by atoms with Crippen molar-refractivity contribution in [3.8, 4) is 5.75 Å². The van der Waals surface area contributed by atoms with E-state index in [9.17, 15) is 18.3 Å². The van der Waals surface area contributed by atoms with Crippen molar-refractivity contribution < 1.29 is 23.0 Å². The van der Waals surface area contributed by atoms with E-state index in [0.29, 0.717) is 18.4 Å². The molecule has 7 heteroatoms. The predicted molar refractivity (Wildman–Crippen MR) is 69.6 cm³/mol. The molecule has 0 aliphatic heterocycles. The van der Waals surface area contributed by atoms with Gasteiger partial charge in [-0.1, -0.05) is 12.1 Å². The summed E-state index contributed by atoms with van der Waals surface area (Å²) in [5.41, 5.74) is 1.53. The van der Waals surface area contributed by atoms with Crippen LogP contribution in [0.1, 0.15) is 23.8 Å². The van der Waals surface area contributed by atoms with Gasteiger partial charge in [-0.2, -0.15) is 5.10 Å². The molecule has 1 unspecified atom stereocenters. The van der Waals surface area contributed by atoms with Crippen molar-refractivity contribution in [2.24, 2.45) is 7.05 Å². The van der Waals surface area contributed by atoms with E-state index in [1.54, 1.807) is 10.9 Å². The Labute approximate surface area is 119 Å². The van der Waals surface area contributed by atoms with E-state index in [1.165, 1.54) is 24.3 Å². The predicted octanol–water partition coefficient (Wildman–Crippen LogP) is 2.98. The second-order valence-electron chi connectivity index (χ2n) is 4.62. The molecule has 0 saturated carbocycles. The maximum Gasteiger partial charge on any atom is 0.573 e. The molecule has 0 bridgehead atoms. The van der Waals surface area contributed by atoms with Crippen molar-refractivity contribution in [1.82, 2.24) is 9.78 Å². The number of hydrogen-bond acceptors (Lipinski definition) is 3. The molecule has 0 aliphatic carbocycles. The summed E-state index contributed by atoms with van der Waals surface area (Å²) in [6.07, 6.45) is -2.71. The van der Waals surface area contributed by atoms with Crippen LogP contribution in [0.25, 0.3) is 0 Å². The van der Waals surface area contributed by atoms with Gasteiger partial charge < -0.3 is 9.84 Å². The SMILES string of the molecule is Cn1nccc1CCC(O)c1ccc(OC(F)(F)F)cc1. The monoisotopic (exact) mass is 300 g/mol. The Bertz CT molecular complexity index is 579. The maximum absolute atomic E-state index is 12.0. The molecule has 2 aromatic rings. The van der Waals surface area contributed by atoms with Gasteiger partial charge in [0.15, 0.2) is 0 Å². The highest BCUT2D eigenvalue weighted by molar-refractivity contribution is 5.28. The number of aliphatic hydroxyl groups is 1. The zero-order valence-electron chi connectivity index (χ0n) is 11.3. The summed E-state index contributed by atoms with van der Waals surface area (Å²) in [7, 11) is 1.81. The van der Waals surface area contributed by atoms with Crippen LogP contribution in [-0.2, 0) is 13.5 Å². The number of aromatic nitrogens is 2. The molecule has 21 heavy (non-hydrogen) atoms. The number of rotatable bonds is 5. The summed E-state index contributed by atoms with van der Waals surface area (Å²) in [6.45, 7) is 0. The smallest absolute Gasteiger partial charge is 0.406 e. The molecule has 0 saturated heterocycles. The minimum atomic E-state index is -4.71. The molecule has 1 atom stereocenters. The van der Waals surface area contributed by atoms with Crippen molar-refractivity contribution in [3.05, 3.63) is 47.8 Å². The molecule has 1 aromatic carbocycles. The Morgan fingerprint density at radius 1 is 1.24 bits per heavy atom. The number of aryl methyl sites for hydroxylation is 2. The van der Waals surface area contributed by atoms with Gasteiger partial charge in [0, 0.05) is 18.9 Å². The summed E-state index contributed by atoms with van der Waals surface area (Å²) in [4.78, 5) is 0. The second-order valence-corrected chi connectivity index (χ2v) is 4.62. The molecule has 114 valence electrons. The van der Waals surface area contributed by atoms with Crippen LogP contribution < -0.4 is 4.74 Å². The van der Waals surface area contributed by atoms with Gasteiger partial charge >= 0.3 is 6.36 Å². The molecule has 2 rings (SSSR count). The maximum atomic E-state index is 12.0. The van der Waals surface area contributed by atoms with Gasteiger partial charge in [-0.3, -0.25) is 4.68 Å². The van der Waals surface area contributed by atoms with Crippen LogP contribution in [0.3, 0.4) is 0 Å². The summed E-state index contributed by atoms with van der Waals surface area (Å²) in [6, 6.07) is 7.09. The lowest BCUT2D eigenvalue weighted by Gasteiger charge is -2.13. The number of alkyl halides is 3. The first-order valence-electron chi connectivity index (χ1n) is 6.36. The molecular weight excluding hydrogens is 285 g/mol. The average Bonchev–Trinajstić information content (AvgIpc) is 2.80. The largest absolute Gasteiger partial charge is 0.573 e. The summed E-state index contributed by atoms with van der Waals surface area (Å²) in [5.74, 6) is -0.301. The lowest BCUT2D eigenvalue weighted by Crippen LogP contribution is -2.17. The fourth-order valence-electron chi connectivity index (χ4n) is 1.99. The number of halogens is 3. The fraction of sp³-hybridized carbons (Fsp3) is 0.357. The van der Waals surface area contributed by atoms with Gasteiger partial charge in [0.1, 0.15) is 5.75 Å². The summed E-state index contributed by atoms with van der Waals surface area (Å²) >= 11 is 0. The van der Waals surface area contributed by atoms with Crippen LogP contribution in [0.2, 0.25) is 0 Å². The van der Waals surface area contributed by atoms with E-state index in [2.05, 4.69) is 9.84 Å². The van der Waals surface area contributed by atoms with Crippen LogP contribution in [0, 0.1) is 0 Å². The number of hydrogen-bond donors (Lipinski definition) is 1. The third-order valence-corrected chi connectivity index (χ3v) is 3.09. The van der Waals surface area contributed by atoms with Gasteiger partial charge in [0.2, 0.25) is 0 Å². The highest BCUT2D eigenvalue weighted by atomic mass is 19.4. The summed E-state index contributed by atoms with van der Waals surface area (Å²) in [5, 5.41) is 14.1. The van der Waals surface area contributed by atoms with Gasteiger partial charge in [-0.15, -0.1) is 13.2 Å². The van der Waals surface area contributed by atoms with E-state index < -0.39 is 12.5 Å². The van der Waals surface area contributed by atoms with Crippen LogP contribution >= 0.6 is 0 Å². The van der Waals surface area contributed by atoms with E-state index >= 15 is 0 Å². The minimum Gasteiger partial charge on any atom is -0.406 e. The molecule has 0 fully saturated rings. The number of aliphatic hydroxyl groups excluding tert-OH is 1. The lowest BCUT2D eigenvalue weighted by atomic mass is 10.0. The normalized spacial score (nSPS) is 13.2. The van der Waals surface area contributed by atoms with E-state index in [1.807, 2.05) is 13.1 Å². The van der Waals surface area contributed by atoms with Gasteiger partial charge in [0.25, 0.3) is 0 Å². The van der Waals surface area contributed by atoms with Crippen LogP contribution in [-0.4, -0.2) is 21.2 Å². The molecule has 1 N–H and O–H groups in total. The first-order valence-corrected chi connectivity index (χ1v) is 6.36. The Morgan fingerprint density at radius 3 is 2.43 bits per heavy atom. The molecule has 1 heterocycles. The molecule has 0 amide bonds. The van der Waals surface area contributed by atoms with Crippen molar-refractivity contribution in [2.45, 2.75) is 25.3 Å². The van der Waals surface area contributed by atoms with Gasteiger partial charge in [0.05, 0.1) is 6.10 Å². The Morgan fingerprint density at radius 2 is 1.90 bits per heavy atom. The quantitative estimate of drug-likeness (QED) is 0.923. The standard InChI is InChI=1S/C14H15F3N2O2/c1-19-11(8-9-18-19)4-7-13(20)10-2-5-12(6-3-10)21-14(15,16)17/h2-3,5-6,8-9,13,20H,4,7H2,1H3. The molecule has 0 spiro atoms. The van der Waals surface area contributed by atoms with E-state index in [4.69, 9.17) is 0 Å². The highest BCUT2D eigenvalue weighted by Gasteiger charge is 2.31. The van der Waals surface area contributed by atoms with E-state index in [0.717, 1.165) is 5.69 Å². The Kier molecular flexibility index (Phi) is 4.52. The van der Waals surface area contributed by atoms with Gasteiger partial charge in [-0.05, 0) is 36.6 Å². The molecule has 0 radical (unpaired) electrons. The van der Waals surface area contributed by atoms with Gasteiger partial charge in [-0.25, -0.2) is 0 Å². The molecule has 1 aromatic heterocycles. The molecular formula is C14H15F3N2O2. The third-order valence-electron chi connectivity index (χ3n) is 3.09. The first-order chi connectivity index (χ1) is 9.85. The highest BCUT2D eigenvalue weighted by Crippen LogP contribution is 2.25. The van der Waals surface area contributed by atoms with Crippen LogP contribution in [0.15, 0.2) is 36.5 Å². The zero-order valence-corrected chi connectivity index (χ0v) is 11.3. The number of nitrogens with zero attached hydrogens (tertiary/aromatic N) is 2. The topological polar surface area (TPSA) is 47.3 Å². The molecule has 0 aliphatic rings. The van der Waals surface area contributed by atoms with Crippen LogP contribution in [0.4, 0.5) is 13.2 Å². The van der Waals surface area contributed by atoms with E-state index in [-0.39, 0.29) is 5.75 Å². The number of ether oxygens (including phenoxy) is 1. The van der Waals surface area contributed by atoms with Crippen molar-refractivity contribution in [3.63, 3.8) is 0 Å². The van der Waals surface area contributed by atoms with Crippen molar-refractivity contribution in [2.75, 3.05) is 0 Å². The average molecular weight is 300 g/mol. The van der Waals surface area contributed by atoms with Crippen molar-refractivity contribution in [1.29, 1.82) is 0 Å². The zero-order chi connectivity index (χ0) is 15.5. The lowest BCUT2D eigenvalue weighted by molar-refractivity contribution is -0.274. The first kappa shape index (κ1) is 15.4. The molecule has 4 nitrogen and oxygen atoms in total. The minimum absolute atomic E-state index is 0.301. The summed E-state index contributed by atoms with van der Waals surface area (Å²) < 4.78 is 41.6. The Hall–Kier alpha value is -2.02. The second kappa shape index (κ2) is 6.17. The third kappa shape index (κ3) is 4.49.